The Kier molecular flexibility index (Phi) is 5.18. The van der Waals surface area contributed by atoms with Gasteiger partial charge < -0.3 is 5.32 Å². The highest BCUT2D eigenvalue weighted by Gasteiger charge is 2.12. The summed E-state index contributed by atoms with van der Waals surface area (Å²) in [6.07, 6.45) is 1.67. The molecule has 2 aromatic heterocycles. The molecule has 3 rings (SSSR count). The first-order valence-electron chi connectivity index (χ1n) is 8.33. The fourth-order valence-electron chi connectivity index (χ4n) is 2.76. The van der Waals surface area contributed by atoms with Gasteiger partial charge >= 0.3 is 0 Å². The zero-order chi connectivity index (χ0) is 18.8. The van der Waals surface area contributed by atoms with Gasteiger partial charge in [0, 0.05) is 24.4 Å². The van der Waals surface area contributed by atoms with Crippen molar-refractivity contribution in [3.63, 3.8) is 0 Å². The van der Waals surface area contributed by atoms with Crippen LogP contribution in [0.3, 0.4) is 0 Å². The second kappa shape index (κ2) is 7.37. The smallest absolute Gasteiger partial charge is 0.262 e. The minimum absolute atomic E-state index is 0.112. The summed E-state index contributed by atoms with van der Waals surface area (Å²) in [5.74, 6) is -0.432. The van der Waals surface area contributed by atoms with Crippen LogP contribution >= 0.6 is 11.3 Å². The third-order valence-electron chi connectivity index (χ3n) is 4.45. The molecule has 7 heteroatoms. The maximum atomic E-state index is 13.3. The molecule has 2 heterocycles. The molecule has 0 saturated heterocycles. The zero-order valence-corrected chi connectivity index (χ0v) is 15.7. The van der Waals surface area contributed by atoms with Gasteiger partial charge in [0.1, 0.15) is 10.6 Å². The van der Waals surface area contributed by atoms with E-state index in [1.165, 1.54) is 28.3 Å². The van der Waals surface area contributed by atoms with Crippen LogP contribution in [0.2, 0.25) is 0 Å². The predicted octanol–water partition coefficient (Wildman–Crippen LogP) is 3.23. The summed E-state index contributed by atoms with van der Waals surface area (Å²) in [7, 11) is 0. The fraction of sp³-hybridized carbons (Fsp3) is 0.316. The molecule has 0 radical (unpaired) electrons. The van der Waals surface area contributed by atoms with Crippen LogP contribution in [0.15, 0.2) is 29.3 Å². The topological polar surface area (TPSA) is 64.0 Å². The Labute approximate surface area is 154 Å². The van der Waals surface area contributed by atoms with Crippen molar-refractivity contribution in [2.45, 2.75) is 40.3 Å². The highest BCUT2D eigenvalue weighted by atomic mass is 32.1. The molecule has 136 valence electrons. The number of hydrogen-bond donors (Lipinski definition) is 1. The third kappa shape index (κ3) is 3.67. The highest BCUT2D eigenvalue weighted by Crippen LogP contribution is 2.25. The lowest BCUT2D eigenvalue weighted by atomic mass is 10.1. The summed E-state index contributed by atoms with van der Waals surface area (Å²) < 4.78 is 14.7. The number of benzene rings is 1. The molecule has 26 heavy (non-hydrogen) atoms. The van der Waals surface area contributed by atoms with Gasteiger partial charge in [-0.25, -0.2) is 9.37 Å². The van der Waals surface area contributed by atoms with E-state index < -0.39 is 0 Å². The van der Waals surface area contributed by atoms with E-state index in [1.807, 2.05) is 13.8 Å². The van der Waals surface area contributed by atoms with Crippen LogP contribution < -0.4 is 10.9 Å². The van der Waals surface area contributed by atoms with Crippen molar-refractivity contribution in [1.82, 2.24) is 14.9 Å². The van der Waals surface area contributed by atoms with Crippen molar-refractivity contribution in [1.29, 1.82) is 0 Å². The largest absolute Gasteiger partial charge is 0.352 e. The van der Waals surface area contributed by atoms with Gasteiger partial charge in [-0.3, -0.25) is 14.2 Å². The summed E-state index contributed by atoms with van der Waals surface area (Å²) in [4.78, 5) is 30.8. The Morgan fingerprint density at radius 2 is 2.08 bits per heavy atom. The first-order valence-corrected chi connectivity index (χ1v) is 9.15. The van der Waals surface area contributed by atoms with Crippen molar-refractivity contribution in [2.24, 2.45) is 0 Å². The van der Waals surface area contributed by atoms with Gasteiger partial charge in [0.25, 0.3) is 5.56 Å². The van der Waals surface area contributed by atoms with E-state index in [9.17, 15) is 14.0 Å². The molecule has 0 atom stereocenters. The predicted molar refractivity (Wildman–Crippen MR) is 101 cm³/mol. The van der Waals surface area contributed by atoms with Crippen LogP contribution in [-0.4, -0.2) is 15.5 Å². The Morgan fingerprint density at radius 3 is 2.81 bits per heavy atom. The molecule has 1 aromatic carbocycles. The van der Waals surface area contributed by atoms with Crippen molar-refractivity contribution in [3.8, 4) is 0 Å². The molecule has 0 fully saturated rings. The number of amides is 1. The van der Waals surface area contributed by atoms with Crippen LogP contribution in [0.5, 0.6) is 0 Å². The number of carbonyl (C=O) groups excluding carboxylic acids is 1. The molecule has 0 aliphatic carbocycles. The maximum absolute atomic E-state index is 13.3. The molecular formula is C19H20FN3O2S. The molecule has 0 bridgehead atoms. The Hall–Kier alpha value is -2.54. The number of nitrogens with zero attached hydrogens (tertiary/aromatic N) is 2. The summed E-state index contributed by atoms with van der Waals surface area (Å²) in [5.41, 5.74) is 2.22. The average Bonchev–Trinajstić information content (AvgIpc) is 2.90. The molecule has 0 aliphatic heterocycles. The molecule has 0 spiro atoms. The average molecular weight is 373 g/mol. The van der Waals surface area contributed by atoms with E-state index in [4.69, 9.17) is 0 Å². The monoisotopic (exact) mass is 373 g/mol. The first kappa shape index (κ1) is 18.3. The van der Waals surface area contributed by atoms with E-state index in [2.05, 4.69) is 10.3 Å². The number of rotatable bonds is 5. The second-order valence-corrected chi connectivity index (χ2v) is 7.52. The number of aryl methyl sites for hydroxylation is 4. The third-order valence-corrected chi connectivity index (χ3v) is 5.56. The summed E-state index contributed by atoms with van der Waals surface area (Å²) >= 11 is 1.50. The summed E-state index contributed by atoms with van der Waals surface area (Å²) in [6, 6.07) is 4.74. The van der Waals surface area contributed by atoms with Crippen molar-refractivity contribution in [2.75, 3.05) is 0 Å². The lowest BCUT2D eigenvalue weighted by Gasteiger charge is -2.08. The van der Waals surface area contributed by atoms with Gasteiger partial charge in [-0.1, -0.05) is 12.1 Å². The van der Waals surface area contributed by atoms with Crippen molar-refractivity contribution < 1.29 is 9.18 Å². The molecule has 3 aromatic rings. The van der Waals surface area contributed by atoms with Gasteiger partial charge in [0.05, 0.1) is 11.7 Å². The summed E-state index contributed by atoms with van der Waals surface area (Å²) in [6.45, 7) is 6.17. The number of hydrogen-bond acceptors (Lipinski definition) is 4. The molecule has 0 aliphatic rings. The lowest BCUT2D eigenvalue weighted by molar-refractivity contribution is -0.121. The van der Waals surface area contributed by atoms with Crippen LogP contribution in [0, 0.1) is 26.6 Å². The molecule has 1 amide bonds. The van der Waals surface area contributed by atoms with E-state index in [0.29, 0.717) is 17.5 Å². The molecular weight excluding hydrogens is 353 g/mol. The molecule has 1 N–H and O–H groups in total. The minimum Gasteiger partial charge on any atom is -0.352 e. The van der Waals surface area contributed by atoms with E-state index in [1.54, 1.807) is 19.1 Å². The van der Waals surface area contributed by atoms with Crippen LogP contribution in [0.25, 0.3) is 10.2 Å². The zero-order valence-electron chi connectivity index (χ0n) is 14.9. The molecule has 0 unspecified atom stereocenters. The molecule has 5 nitrogen and oxygen atoms in total. The fourth-order valence-corrected chi connectivity index (χ4v) is 3.74. The summed E-state index contributed by atoms with van der Waals surface area (Å²) in [5, 5.41) is 3.43. The van der Waals surface area contributed by atoms with Gasteiger partial charge in [0.2, 0.25) is 5.91 Å². The Morgan fingerprint density at radius 1 is 1.31 bits per heavy atom. The molecule has 0 saturated carbocycles. The van der Waals surface area contributed by atoms with Crippen LogP contribution in [0.4, 0.5) is 4.39 Å². The van der Waals surface area contributed by atoms with Gasteiger partial charge in [-0.2, -0.15) is 0 Å². The van der Waals surface area contributed by atoms with E-state index in [0.717, 1.165) is 20.8 Å². The number of halogens is 1. The number of fused-ring (bicyclic) bond motifs is 1. The van der Waals surface area contributed by atoms with Crippen LogP contribution in [-0.2, 0) is 17.9 Å². The number of aromatic nitrogens is 2. The highest BCUT2D eigenvalue weighted by molar-refractivity contribution is 7.18. The van der Waals surface area contributed by atoms with Gasteiger partial charge in [-0.05, 0) is 43.5 Å². The Balaban J connectivity index is 1.63. The van der Waals surface area contributed by atoms with Crippen molar-refractivity contribution in [3.05, 3.63) is 62.3 Å². The first-order chi connectivity index (χ1) is 12.4. The van der Waals surface area contributed by atoms with Gasteiger partial charge in [-0.15, -0.1) is 11.3 Å². The van der Waals surface area contributed by atoms with E-state index >= 15 is 0 Å². The van der Waals surface area contributed by atoms with Crippen LogP contribution in [0.1, 0.15) is 28.0 Å². The second-order valence-electron chi connectivity index (χ2n) is 6.32. The lowest BCUT2D eigenvalue weighted by Crippen LogP contribution is -2.27. The van der Waals surface area contributed by atoms with E-state index in [-0.39, 0.29) is 30.2 Å². The number of nitrogens with one attached hydrogen (secondary N) is 1. The SMILES string of the molecule is Cc1cc(CNC(=O)CCn2cnc3sc(C)c(C)c3c2=O)ccc1F. The van der Waals surface area contributed by atoms with Gasteiger partial charge in [0.15, 0.2) is 0 Å². The maximum Gasteiger partial charge on any atom is 0.262 e. The number of thiophene rings is 1. The minimum atomic E-state index is -0.263. The quantitative estimate of drug-likeness (QED) is 0.747. The van der Waals surface area contributed by atoms with Crippen molar-refractivity contribution >= 4 is 27.5 Å². The number of carbonyl (C=O) groups is 1. The standard InChI is InChI=1S/C19H20FN3O2S/c1-11-8-14(4-5-15(11)20)9-21-16(24)6-7-23-10-22-18-17(19(23)25)12(2)13(3)26-18/h4-5,8,10H,6-7,9H2,1-3H3,(H,21,24). The Bertz CT molecular complexity index is 1040. The normalized spacial score (nSPS) is 11.1.